The van der Waals surface area contributed by atoms with Crippen molar-refractivity contribution in [3.05, 3.63) is 76.4 Å². The third-order valence-corrected chi connectivity index (χ3v) is 5.76. The van der Waals surface area contributed by atoms with Crippen molar-refractivity contribution in [2.75, 3.05) is 17.7 Å². The number of hydrogen-bond acceptors (Lipinski definition) is 5. The average Bonchev–Trinajstić information content (AvgIpc) is 2.68. The van der Waals surface area contributed by atoms with Crippen molar-refractivity contribution in [2.24, 2.45) is 0 Å². The van der Waals surface area contributed by atoms with Gasteiger partial charge in [0, 0.05) is 16.2 Å². The molecule has 0 saturated heterocycles. The lowest BCUT2D eigenvalue weighted by molar-refractivity contribution is 0.392. The van der Waals surface area contributed by atoms with Gasteiger partial charge in [-0.3, -0.25) is 4.31 Å². The van der Waals surface area contributed by atoms with Crippen molar-refractivity contribution in [3.8, 4) is 17.4 Å². The lowest BCUT2D eigenvalue weighted by Gasteiger charge is -2.23. The molecule has 0 aliphatic carbocycles. The van der Waals surface area contributed by atoms with Gasteiger partial charge in [-0.25, -0.2) is 13.4 Å². The number of rotatable bonds is 7. The second kappa shape index (κ2) is 8.84. The molecule has 3 aromatic rings. The topological polar surface area (TPSA) is 68.7 Å². The molecule has 1 aromatic heterocycles. The highest BCUT2D eigenvalue weighted by atomic mass is 79.9. The predicted octanol–water partition coefficient (Wildman–Crippen LogP) is 4.92. The zero-order chi connectivity index (χ0) is 21.0. The maximum Gasteiger partial charge on any atom is 0.232 e. The fourth-order valence-corrected chi connectivity index (χ4v) is 4.00. The number of benzene rings is 2. The fourth-order valence-electron chi connectivity index (χ4n) is 2.74. The van der Waals surface area contributed by atoms with Crippen LogP contribution in [0, 0.1) is 6.92 Å². The van der Waals surface area contributed by atoms with E-state index in [0.29, 0.717) is 28.6 Å². The van der Waals surface area contributed by atoms with Crippen LogP contribution in [0.3, 0.4) is 0 Å². The Morgan fingerprint density at radius 2 is 1.62 bits per heavy atom. The second-order valence-electron chi connectivity index (χ2n) is 6.50. The van der Waals surface area contributed by atoms with Gasteiger partial charge in [0.15, 0.2) is 0 Å². The Morgan fingerprint density at radius 1 is 1.03 bits per heavy atom. The van der Waals surface area contributed by atoms with Crippen LogP contribution in [0.25, 0.3) is 0 Å². The van der Waals surface area contributed by atoms with Gasteiger partial charge in [-0.15, -0.1) is 0 Å². The van der Waals surface area contributed by atoms with E-state index in [1.165, 1.54) is 17.7 Å². The summed E-state index contributed by atoms with van der Waals surface area (Å²) in [7, 11) is -2.03. The Labute approximate surface area is 179 Å². The van der Waals surface area contributed by atoms with Crippen LogP contribution in [-0.2, 0) is 16.6 Å². The number of ether oxygens (including phenoxy) is 2. The third kappa shape index (κ3) is 5.48. The lowest BCUT2D eigenvalue weighted by Crippen LogP contribution is -2.29. The van der Waals surface area contributed by atoms with E-state index in [-0.39, 0.29) is 6.54 Å². The molecule has 0 aliphatic heterocycles. The summed E-state index contributed by atoms with van der Waals surface area (Å²) in [6.07, 6.45) is 2.77. The molecular weight excluding hydrogens is 456 g/mol. The number of nitrogens with zero attached hydrogens (tertiary/aromatic N) is 2. The number of aryl methyl sites for hydroxylation is 1. The Hall–Kier alpha value is -2.58. The van der Waals surface area contributed by atoms with Crippen LogP contribution in [0.2, 0.25) is 0 Å². The first-order valence-electron chi connectivity index (χ1n) is 8.77. The highest BCUT2D eigenvalue weighted by Gasteiger charge is 2.20. The molecule has 0 radical (unpaired) electrons. The molecule has 2 aromatic carbocycles. The number of anilines is 1. The van der Waals surface area contributed by atoms with Gasteiger partial charge in [0.2, 0.25) is 15.9 Å². The highest BCUT2D eigenvalue weighted by Crippen LogP contribution is 2.29. The predicted molar refractivity (Wildman–Crippen MR) is 117 cm³/mol. The molecule has 8 heteroatoms. The summed E-state index contributed by atoms with van der Waals surface area (Å²) in [5, 5.41) is 0. The van der Waals surface area contributed by atoms with Gasteiger partial charge in [0.25, 0.3) is 0 Å². The molecule has 1 heterocycles. The first kappa shape index (κ1) is 21.1. The molecule has 29 heavy (non-hydrogen) atoms. The van der Waals surface area contributed by atoms with Crippen molar-refractivity contribution in [1.29, 1.82) is 0 Å². The van der Waals surface area contributed by atoms with E-state index in [1.54, 1.807) is 36.5 Å². The number of hydrogen-bond donors (Lipinski definition) is 0. The van der Waals surface area contributed by atoms with Crippen LogP contribution in [0.1, 0.15) is 11.1 Å². The molecule has 6 nitrogen and oxygen atoms in total. The highest BCUT2D eigenvalue weighted by molar-refractivity contribution is 9.10. The summed E-state index contributed by atoms with van der Waals surface area (Å²) in [4.78, 5) is 4.18. The van der Waals surface area contributed by atoms with Crippen molar-refractivity contribution in [2.45, 2.75) is 13.5 Å². The van der Waals surface area contributed by atoms with E-state index in [9.17, 15) is 8.42 Å². The van der Waals surface area contributed by atoms with Crippen molar-refractivity contribution >= 4 is 31.6 Å². The Morgan fingerprint density at radius 3 is 2.17 bits per heavy atom. The van der Waals surface area contributed by atoms with Crippen LogP contribution >= 0.6 is 15.9 Å². The van der Waals surface area contributed by atoms with Crippen molar-refractivity contribution in [1.82, 2.24) is 4.98 Å². The maximum absolute atomic E-state index is 12.5. The first-order valence-corrected chi connectivity index (χ1v) is 11.4. The van der Waals surface area contributed by atoms with Gasteiger partial charge in [0.1, 0.15) is 11.5 Å². The standard InChI is InChI=1S/C21H21BrN2O4S/c1-15-4-8-19(9-5-15)28-20-10-6-18(7-11-20)24(29(3,25)26)14-16-12-17(22)13-23-21(16)27-2/h4-13H,14H2,1-3H3. The van der Waals surface area contributed by atoms with Gasteiger partial charge in [0.05, 0.1) is 25.6 Å². The number of pyridine rings is 1. The van der Waals surface area contributed by atoms with Gasteiger partial charge >= 0.3 is 0 Å². The van der Waals surface area contributed by atoms with Gasteiger partial charge < -0.3 is 9.47 Å². The van der Waals surface area contributed by atoms with Gasteiger partial charge in [-0.2, -0.15) is 0 Å². The summed E-state index contributed by atoms with van der Waals surface area (Å²) in [5.41, 5.74) is 2.31. The molecule has 152 valence electrons. The average molecular weight is 477 g/mol. The largest absolute Gasteiger partial charge is 0.481 e. The fraction of sp³-hybridized carbons (Fsp3) is 0.190. The minimum absolute atomic E-state index is 0.0899. The molecule has 0 fully saturated rings. The van der Waals surface area contributed by atoms with E-state index in [0.717, 1.165) is 10.0 Å². The van der Waals surface area contributed by atoms with E-state index >= 15 is 0 Å². The zero-order valence-electron chi connectivity index (χ0n) is 16.3. The molecule has 0 N–H and O–H groups in total. The molecule has 0 bridgehead atoms. The van der Waals surface area contributed by atoms with E-state index in [4.69, 9.17) is 9.47 Å². The van der Waals surface area contributed by atoms with Crippen LogP contribution < -0.4 is 13.8 Å². The van der Waals surface area contributed by atoms with Gasteiger partial charge in [-0.05, 0) is 65.3 Å². The number of halogens is 1. The minimum Gasteiger partial charge on any atom is -0.481 e. The summed E-state index contributed by atoms with van der Waals surface area (Å²) < 4.78 is 38.0. The number of aromatic nitrogens is 1. The lowest BCUT2D eigenvalue weighted by atomic mass is 10.2. The van der Waals surface area contributed by atoms with Gasteiger partial charge in [-0.1, -0.05) is 17.7 Å². The molecule has 0 atom stereocenters. The third-order valence-electron chi connectivity index (χ3n) is 4.18. The van der Waals surface area contributed by atoms with E-state index in [2.05, 4.69) is 20.9 Å². The van der Waals surface area contributed by atoms with E-state index < -0.39 is 10.0 Å². The number of sulfonamides is 1. The summed E-state index contributed by atoms with van der Waals surface area (Å²) >= 11 is 3.37. The molecule has 0 unspecified atom stereocenters. The quantitative estimate of drug-likeness (QED) is 0.483. The first-order chi connectivity index (χ1) is 13.8. The van der Waals surface area contributed by atoms with E-state index in [1.807, 2.05) is 31.2 Å². The van der Waals surface area contributed by atoms with Crippen LogP contribution in [0.4, 0.5) is 5.69 Å². The monoisotopic (exact) mass is 476 g/mol. The molecule has 3 rings (SSSR count). The SMILES string of the molecule is COc1ncc(Br)cc1CN(c1ccc(Oc2ccc(C)cc2)cc1)S(C)(=O)=O. The molecule has 0 spiro atoms. The Bertz CT molecular complexity index is 1080. The summed E-state index contributed by atoms with van der Waals surface area (Å²) in [6.45, 7) is 2.10. The smallest absolute Gasteiger partial charge is 0.232 e. The van der Waals surface area contributed by atoms with Crippen LogP contribution in [0.15, 0.2) is 65.3 Å². The zero-order valence-corrected chi connectivity index (χ0v) is 18.7. The summed E-state index contributed by atoms with van der Waals surface area (Å²) in [6, 6.07) is 16.4. The number of methoxy groups -OCH3 is 1. The molecule has 0 amide bonds. The second-order valence-corrected chi connectivity index (χ2v) is 9.32. The Balaban J connectivity index is 1.86. The minimum atomic E-state index is -3.54. The van der Waals surface area contributed by atoms with Crippen molar-refractivity contribution < 1.29 is 17.9 Å². The van der Waals surface area contributed by atoms with Crippen LogP contribution in [-0.4, -0.2) is 26.8 Å². The normalized spacial score (nSPS) is 11.2. The van der Waals surface area contributed by atoms with Crippen molar-refractivity contribution in [3.63, 3.8) is 0 Å². The molecule has 0 aliphatic rings. The van der Waals surface area contributed by atoms with Crippen LogP contribution in [0.5, 0.6) is 17.4 Å². The molecular formula is C21H21BrN2O4S. The maximum atomic E-state index is 12.5. The molecule has 0 saturated carbocycles. The Kier molecular flexibility index (Phi) is 6.44. The summed E-state index contributed by atoms with van der Waals surface area (Å²) in [5.74, 6) is 1.71.